The van der Waals surface area contributed by atoms with E-state index in [1.165, 1.54) is 0 Å². The summed E-state index contributed by atoms with van der Waals surface area (Å²) in [7, 11) is 0. The van der Waals surface area contributed by atoms with Crippen LogP contribution >= 0.6 is 0 Å². The summed E-state index contributed by atoms with van der Waals surface area (Å²) in [4.78, 5) is 21.9. The third-order valence-electron chi connectivity index (χ3n) is 3.12. The Labute approximate surface area is 135 Å². The molecule has 7 heteroatoms. The zero-order valence-corrected chi connectivity index (χ0v) is 13.4. The number of amides is 2. The number of carboxylic acid groups (broad SMARTS) is 1. The zero-order chi connectivity index (χ0) is 17.1. The molecule has 1 rings (SSSR count). The van der Waals surface area contributed by atoms with Crippen molar-refractivity contribution >= 4 is 18.2 Å². The molecule has 0 bridgehead atoms. The van der Waals surface area contributed by atoms with Gasteiger partial charge in [-0.2, -0.15) is 5.10 Å². The number of carbonyl (C=O) groups is 2. The van der Waals surface area contributed by atoms with Gasteiger partial charge in [0.25, 0.3) is 0 Å². The van der Waals surface area contributed by atoms with Crippen molar-refractivity contribution in [3.05, 3.63) is 29.8 Å². The summed E-state index contributed by atoms with van der Waals surface area (Å²) < 4.78 is 5.04. The molecule has 1 aromatic carbocycles. The van der Waals surface area contributed by atoms with Gasteiger partial charge in [0.15, 0.2) is 6.61 Å². The number of nitrogens with zero attached hydrogens (tertiary/aromatic N) is 1. The van der Waals surface area contributed by atoms with E-state index in [4.69, 9.17) is 9.84 Å². The van der Waals surface area contributed by atoms with Crippen LogP contribution in [0.25, 0.3) is 0 Å². The highest BCUT2D eigenvalue weighted by atomic mass is 16.5. The molecule has 1 unspecified atom stereocenters. The molecule has 0 saturated heterocycles. The molecule has 23 heavy (non-hydrogen) atoms. The molecule has 0 aromatic heterocycles. The summed E-state index contributed by atoms with van der Waals surface area (Å²) in [6, 6.07) is 6.73. The number of rotatable bonds is 9. The molecular weight excluding hydrogens is 298 g/mol. The number of aliphatic carboxylic acids is 1. The van der Waals surface area contributed by atoms with E-state index in [0.29, 0.717) is 24.6 Å². The maximum Gasteiger partial charge on any atom is 0.341 e. The van der Waals surface area contributed by atoms with E-state index >= 15 is 0 Å². The van der Waals surface area contributed by atoms with Gasteiger partial charge in [-0.25, -0.2) is 15.0 Å². The fourth-order valence-electron chi connectivity index (χ4n) is 1.59. The number of carboxylic acids is 1. The first-order valence-corrected chi connectivity index (χ1v) is 7.51. The molecule has 0 aliphatic heterocycles. The van der Waals surface area contributed by atoms with Crippen LogP contribution in [0, 0.1) is 5.92 Å². The summed E-state index contributed by atoms with van der Waals surface area (Å²) in [5.41, 5.74) is 3.42. The lowest BCUT2D eigenvalue weighted by atomic mass is 10.1. The number of urea groups is 1. The lowest BCUT2D eigenvalue weighted by molar-refractivity contribution is -0.139. The first-order chi connectivity index (χ1) is 11.0. The summed E-state index contributed by atoms with van der Waals surface area (Å²) in [6.45, 7) is 4.18. The standard InChI is InChI=1S/C16H23N3O4/c1-3-12(2)10-18-19-16(22)17-9-8-13-4-6-14(7-5-13)23-11-15(20)21/h4-7,10,12H,3,8-9,11H2,1-2H3,(H,20,21)(H2,17,19,22)/b18-10-. The molecular formula is C16H23N3O4. The van der Waals surface area contributed by atoms with E-state index in [1.54, 1.807) is 18.3 Å². The Morgan fingerprint density at radius 1 is 1.35 bits per heavy atom. The highest BCUT2D eigenvalue weighted by molar-refractivity contribution is 5.75. The summed E-state index contributed by atoms with van der Waals surface area (Å²) in [5.74, 6) is -0.182. The number of nitrogens with one attached hydrogen (secondary N) is 2. The number of ether oxygens (including phenoxy) is 1. The highest BCUT2D eigenvalue weighted by Crippen LogP contribution is 2.12. The Bertz CT molecular complexity index is 529. The van der Waals surface area contributed by atoms with Crippen molar-refractivity contribution < 1.29 is 19.4 Å². The molecule has 1 aromatic rings. The number of carbonyl (C=O) groups excluding carboxylic acids is 1. The SMILES string of the molecule is CCC(C)/C=N\NC(=O)NCCc1ccc(OCC(=O)O)cc1. The monoisotopic (exact) mass is 321 g/mol. The Morgan fingerprint density at radius 3 is 2.65 bits per heavy atom. The Kier molecular flexibility index (Phi) is 8.20. The van der Waals surface area contributed by atoms with Crippen LogP contribution in [-0.4, -0.2) is 36.5 Å². The van der Waals surface area contributed by atoms with Crippen LogP contribution in [-0.2, 0) is 11.2 Å². The largest absolute Gasteiger partial charge is 0.482 e. The molecule has 2 amide bonds. The molecule has 126 valence electrons. The predicted octanol–water partition coefficient (Wildman–Crippen LogP) is 2.02. The second kappa shape index (κ2) is 10.2. The summed E-state index contributed by atoms with van der Waals surface area (Å²) in [6.07, 6.45) is 3.33. The van der Waals surface area contributed by atoms with Gasteiger partial charge in [0.1, 0.15) is 5.75 Å². The molecule has 0 heterocycles. The van der Waals surface area contributed by atoms with Crippen molar-refractivity contribution in [1.29, 1.82) is 0 Å². The van der Waals surface area contributed by atoms with Crippen LogP contribution in [0.15, 0.2) is 29.4 Å². The van der Waals surface area contributed by atoms with Crippen LogP contribution in [0.3, 0.4) is 0 Å². The van der Waals surface area contributed by atoms with Gasteiger partial charge >= 0.3 is 12.0 Å². The van der Waals surface area contributed by atoms with Crippen LogP contribution in [0.2, 0.25) is 0 Å². The molecule has 1 atom stereocenters. The van der Waals surface area contributed by atoms with Gasteiger partial charge in [0.2, 0.25) is 0 Å². The van der Waals surface area contributed by atoms with Gasteiger partial charge in [0.05, 0.1) is 0 Å². The van der Waals surface area contributed by atoms with E-state index in [1.807, 2.05) is 19.1 Å². The van der Waals surface area contributed by atoms with E-state index in [-0.39, 0.29) is 12.6 Å². The minimum atomic E-state index is -1.01. The van der Waals surface area contributed by atoms with Crippen molar-refractivity contribution in [3.8, 4) is 5.75 Å². The van der Waals surface area contributed by atoms with Gasteiger partial charge in [-0.05, 0) is 36.5 Å². The molecule has 0 aliphatic carbocycles. The molecule has 3 N–H and O–H groups in total. The number of hydrogen-bond acceptors (Lipinski definition) is 4. The van der Waals surface area contributed by atoms with Crippen molar-refractivity contribution in [2.75, 3.05) is 13.2 Å². The minimum absolute atomic E-state index is 0.331. The Hall–Kier alpha value is -2.57. The molecule has 0 saturated carbocycles. The van der Waals surface area contributed by atoms with Crippen molar-refractivity contribution in [1.82, 2.24) is 10.7 Å². The van der Waals surface area contributed by atoms with E-state index in [2.05, 4.69) is 22.8 Å². The zero-order valence-electron chi connectivity index (χ0n) is 13.4. The fourth-order valence-corrected chi connectivity index (χ4v) is 1.59. The predicted molar refractivity (Wildman–Crippen MR) is 87.8 cm³/mol. The third-order valence-corrected chi connectivity index (χ3v) is 3.12. The van der Waals surface area contributed by atoms with Gasteiger partial charge in [-0.15, -0.1) is 0 Å². The first kappa shape index (κ1) is 18.5. The maximum atomic E-state index is 11.5. The Balaban J connectivity index is 2.26. The van der Waals surface area contributed by atoms with E-state index in [0.717, 1.165) is 12.0 Å². The number of hydrazone groups is 1. The fraction of sp³-hybridized carbons (Fsp3) is 0.438. The molecule has 0 fully saturated rings. The molecule has 7 nitrogen and oxygen atoms in total. The Morgan fingerprint density at radius 2 is 2.04 bits per heavy atom. The quantitative estimate of drug-likeness (QED) is 0.478. The topological polar surface area (TPSA) is 100 Å². The van der Waals surface area contributed by atoms with Crippen LogP contribution in [0.5, 0.6) is 5.75 Å². The van der Waals surface area contributed by atoms with Crippen LogP contribution in [0.1, 0.15) is 25.8 Å². The van der Waals surface area contributed by atoms with Gasteiger partial charge in [-0.3, -0.25) is 0 Å². The van der Waals surface area contributed by atoms with Crippen molar-refractivity contribution in [3.63, 3.8) is 0 Å². The van der Waals surface area contributed by atoms with Crippen LogP contribution in [0.4, 0.5) is 4.79 Å². The van der Waals surface area contributed by atoms with E-state index in [9.17, 15) is 9.59 Å². The molecule has 0 aliphatic rings. The number of benzene rings is 1. The summed E-state index contributed by atoms with van der Waals surface area (Å²) >= 11 is 0. The average molecular weight is 321 g/mol. The van der Waals surface area contributed by atoms with Gasteiger partial charge in [0, 0.05) is 12.8 Å². The molecule has 0 spiro atoms. The first-order valence-electron chi connectivity index (χ1n) is 7.51. The summed E-state index contributed by atoms with van der Waals surface area (Å²) in [5, 5.41) is 15.1. The normalized spacial score (nSPS) is 11.9. The van der Waals surface area contributed by atoms with Crippen molar-refractivity contribution in [2.24, 2.45) is 11.0 Å². The molecule has 0 radical (unpaired) electrons. The van der Waals surface area contributed by atoms with Gasteiger partial charge < -0.3 is 15.2 Å². The van der Waals surface area contributed by atoms with Gasteiger partial charge in [-0.1, -0.05) is 26.0 Å². The lowest BCUT2D eigenvalue weighted by Gasteiger charge is -2.06. The minimum Gasteiger partial charge on any atom is -0.482 e. The second-order valence-electron chi connectivity index (χ2n) is 5.11. The van der Waals surface area contributed by atoms with Crippen molar-refractivity contribution in [2.45, 2.75) is 26.7 Å². The second-order valence-corrected chi connectivity index (χ2v) is 5.11. The number of hydrogen-bond donors (Lipinski definition) is 3. The van der Waals surface area contributed by atoms with Crippen LogP contribution < -0.4 is 15.5 Å². The smallest absolute Gasteiger partial charge is 0.341 e. The highest BCUT2D eigenvalue weighted by Gasteiger charge is 2.01. The third kappa shape index (κ3) is 8.45. The lowest BCUT2D eigenvalue weighted by Crippen LogP contribution is -2.33. The van der Waals surface area contributed by atoms with E-state index < -0.39 is 5.97 Å². The average Bonchev–Trinajstić information content (AvgIpc) is 2.53. The maximum absolute atomic E-state index is 11.5.